The molecule has 0 bridgehead atoms. The first-order valence-electron chi connectivity index (χ1n) is 23.7. The summed E-state index contributed by atoms with van der Waals surface area (Å²) in [4.78, 5) is 35.4. The molecule has 58 heavy (non-hydrogen) atoms. The smallest absolute Gasteiger partial charge is 0.462 e. The number of ether oxygens (including phenoxy) is 2. The molecule has 0 rings (SSSR count). The maximum Gasteiger partial charge on any atom is 0.472 e. The van der Waals surface area contributed by atoms with Crippen LogP contribution in [-0.2, 0) is 32.7 Å². The van der Waals surface area contributed by atoms with Gasteiger partial charge in [-0.05, 0) is 57.8 Å². The van der Waals surface area contributed by atoms with E-state index in [0.29, 0.717) is 17.4 Å². The van der Waals surface area contributed by atoms with Crippen LogP contribution in [0.5, 0.6) is 0 Å². The van der Waals surface area contributed by atoms with Crippen molar-refractivity contribution in [1.82, 2.24) is 0 Å². The number of esters is 2. The van der Waals surface area contributed by atoms with Crippen LogP contribution in [0, 0.1) is 0 Å². The summed E-state index contributed by atoms with van der Waals surface area (Å²) in [5.41, 5.74) is 0. The van der Waals surface area contributed by atoms with E-state index >= 15 is 0 Å². The van der Waals surface area contributed by atoms with Gasteiger partial charge in [0.15, 0.2) is 6.10 Å². The molecule has 1 N–H and O–H groups in total. The topological polar surface area (TPSA) is 108 Å². The van der Waals surface area contributed by atoms with Crippen molar-refractivity contribution in [2.24, 2.45) is 0 Å². The van der Waals surface area contributed by atoms with Gasteiger partial charge in [-0.15, -0.1) is 6.58 Å². The molecule has 0 spiro atoms. The number of hydrogen-bond acceptors (Lipinski definition) is 7. The van der Waals surface area contributed by atoms with Crippen molar-refractivity contribution in [2.45, 2.75) is 212 Å². The zero-order valence-electron chi connectivity index (χ0n) is 38.1. The molecule has 1 unspecified atom stereocenters. The Morgan fingerprint density at radius 1 is 0.586 bits per heavy atom. The highest BCUT2D eigenvalue weighted by Crippen LogP contribution is 2.43. The van der Waals surface area contributed by atoms with Gasteiger partial charge < -0.3 is 18.9 Å². The van der Waals surface area contributed by atoms with Crippen LogP contribution in [0.4, 0.5) is 0 Å². The minimum absolute atomic E-state index is 0.0308. The molecule has 10 heteroatoms. The van der Waals surface area contributed by atoms with Crippen molar-refractivity contribution >= 4 is 19.8 Å². The largest absolute Gasteiger partial charge is 0.472 e. The molecule has 9 nitrogen and oxygen atoms in total. The van der Waals surface area contributed by atoms with Crippen molar-refractivity contribution in [1.29, 1.82) is 0 Å². The van der Waals surface area contributed by atoms with E-state index in [1.54, 1.807) is 0 Å². The lowest BCUT2D eigenvalue weighted by Gasteiger charge is -2.24. The van der Waals surface area contributed by atoms with E-state index in [9.17, 15) is 19.0 Å². The molecule has 0 fully saturated rings. The predicted molar refractivity (Wildman–Crippen MR) is 243 cm³/mol. The zero-order valence-corrected chi connectivity index (χ0v) is 39.0. The van der Waals surface area contributed by atoms with E-state index in [0.717, 1.165) is 44.9 Å². The van der Waals surface area contributed by atoms with Crippen LogP contribution < -0.4 is 0 Å². The maximum absolute atomic E-state index is 12.7. The lowest BCUT2D eigenvalue weighted by atomic mass is 10.0. The molecule has 0 aromatic rings. The van der Waals surface area contributed by atoms with Crippen molar-refractivity contribution in [3.8, 4) is 0 Å². The second kappa shape index (κ2) is 40.6. The highest BCUT2D eigenvalue weighted by atomic mass is 31.2. The third kappa shape index (κ3) is 43.8. The average Bonchev–Trinajstić information content (AvgIpc) is 3.17. The van der Waals surface area contributed by atoms with E-state index in [2.05, 4.69) is 37.8 Å². The van der Waals surface area contributed by atoms with E-state index in [1.807, 2.05) is 27.2 Å². The van der Waals surface area contributed by atoms with Gasteiger partial charge in [-0.3, -0.25) is 18.6 Å². The van der Waals surface area contributed by atoms with Gasteiger partial charge in [-0.2, -0.15) is 0 Å². The van der Waals surface area contributed by atoms with E-state index < -0.39 is 26.5 Å². The van der Waals surface area contributed by atoms with Gasteiger partial charge >= 0.3 is 19.8 Å². The molecule has 2 atom stereocenters. The Morgan fingerprint density at radius 2 is 1.02 bits per heavy atom. The molecule has 0 aliphatic carbocycles. The van der Waals surface area contributed by atoms with Crippen molar-refractivity contribution in [3.63, 3.8) is 0 Å². The van der Waals surface area contributed by atoms with Gasteiger partial charge in [0, 0.05) is 12.8 Å². The summed E-state index contributed by atoms with van der Waals surface area (Å²) >= 11 is 0. The molecular formula is C48H91NO8P+. The Bertz CT molecular complexity index is 1070. The number of allylic oxidation sites excluding steroid dienone is 5. The number of carbonyl (C=O) groups is 2. The van der Waals surface area contributed by atoms with Gasteiger partial charge in [0.25, 0.3) is 0 Å². The lowest BCUT2D eigenvalue weighted by Crippen LogP contribution is -2.37. The van der Waals surface area contributed by atoms with Crippen LogP contribution in [0.25, 0.3) is 0 Å². The van der Waals surface area contributed by atoms with E-state index in [-0.39, 0.29) is 32.0 Å². The summed E-state index contributed by atoms with van der Waals surface area (Å²) in [6.45, 7) is 5.93. The first kappa shape index (κ1) is 56.2. The fraction of sp³-hybridized carbons (Fsp3) is 0.833. The van der Waals surface area contributed by atoms with Gasteiger partial charge in [0.1, 0.15) is 19.8 Å². The minimum atomic E-state index is -4.38. The molecule has 340 valence electrons. The number of phosphoric ester groups is 1. The van der Waals surface area contributed by atoms with E-state index in [1.165, 1.54) is 135 Å². The molecule has 0 heterocycles. The summed E-state index contributed by atoms with van der Waals surface area (Å²) in [5, 5.41) is 0. The second-order valence-corrected chi connectivity index (χ2v) is 18.7. The van der Waals surface area contributed by atoms with Crippen LogP contribution in [0.15, 0.2) is 37.0 Å². The Morgan fingerprint density at radius 3 is 1.48 bits per heavy atom. The zero-order chi connectivity index (χ0) is 42.8. The summed E-state index contributed by atoms with van der Waals surface area (Å²) < 4.78 is 34.4. The lowest BCUT2D eigenvalue weighted by molar-refractivity contribution is -0.870. The summed E-state index contributed by atoms with van der Waals surface area (Å²) in [6, 6.07) is 0. The number of hydrogen-bond donors (Lipinski definition) is 1. The number of rotatable bonds is 44. The van der Waals surface area contributed by atoms with Gasteiger partial charge in [-0.25, -0.2) is 4.57 Å². The van der Waals surface area contributed by atoms with Gasteiger partial charge in [0.05, 0.1) is 27.7 Å². The Hall–Kier alpha value is -1.77. The third-order valence-corrected chi connectivity index (χ3v) is 11.3. The Balaban J connectivity index is 4.27. The first-order chi connectivity index (χ1) is 28.0. The summed E-state index contributed by atoms with van der Waals surface area (Å²) in [6.07, 6.45) is 45.1. The monoisotopic (exact) mass is 841 g/mol. The SMILES string of the molecule is C=CCCCCCCCCCCCCCCCC(=O)O[C@H](COC(=O)CCCCCCCCCCC/C=C/C/C=C/CCCCC)COP(=O)(O)OCC[N+](C)(C)C. The highest BCUT2D eigenvalue weighted by molar-refractivity contribution is 7.47. The third-order valence-electron chi connectivity index (χ3n) is 10.3. The van der Waals surface area contributed by atoms with Gasteiger partial charge in [-0.1, -0.05) is 166 Å². The summed E-state index contributed by atoms with van der Waals surface area (Å²) in [7, 11) is 1.47. The molecule has 0 aliphatic heterocycles. The molecule has 0 saturated heterocycles. The quantitative estimate of drug-likeness (QED) is 0.0212. The van der Waals surface area contributed by atoms with Crippen LogP contribution >= 0.6 is 7.82 Å². The highest BCUT2D eigenvalue weighted by Gasteiger charge is 2.27. The van der Waals surface area contributed by atoms with Gasteiger partial charge in [0.2, 0.25) is 0 Å². The number of phosphoric acid groups is 1. The van der Waals surface area contributed by atoms with Crippen molar-refractivity contribution in [2.75, 3.05) is 47.5 Å². The summed E-state index contributed by atoms with van der Waals surface area (Å²) in [5.74, 6) is -0.801. The first-order valence-corrected chi connectivity index (χ1v) is 25.2. The fourth-order valence-electron chi connectivity index (χ4n) is 6.55. The molecule has 0 aromatic heterocycles. The van der Waals surface area contributed by atoms with Crippen molar-refractivity contribution < 1.29 is 42.1 Å². The Kier molecular flexibility index (Phi) is 39.4. The Labute approximate surface area is 357 Å². The van der Waals surface area contributed by atoms with Crippen LogP contribution in [0.3, 0.4) is 0 Å². The molecule has 0 aliphatic rings. The number of quaternary nitrogens is 1. The molecule has 0 amide bonds. The van der Waals surface area contributed by atoms with Crippen LogP contribution in [0.1, 0.15) is 206 Å². The van der Waals surface area contributed by atoms with Crippen molar-refractivity contribution in [3.05, 3.63) is 37.0 Å². The molecule has 0 radical (unpaired) electrons. The number of nitrogens with zero attached hydrogens (tertiary/aromatic N) is 1. The second-order valence-electron chi connectivity index (χ2n) is 17.2. The molecule has 0 saturated carbocycles. The van der Waals surface area contributed by atoms with Crippen LogP contribution in [-0.4, -0.2) is 74.9 Å². The number of carbonyl (C=O) groups excluding carboxylic acids is 2. The molecular weight excluding hydrogens is 750 g/mol. The van der Waals surface area contributed by atoms with Crippen LogP contribution in [0.2, 0.25) is 0 Å². The molecule has 0 aromatic carbocycles. The normalized spacial score (nSPS) is 13.6. The maximum atomic E-state index is 12.7. The number of unbranched alkanes of at least 4 members (excludes halogenated alkanes) is 25. The fourth-order valence-corrected chi connectivity index (χ4v) is 7.30. The van der Waals surface area contributed by atoms with E-state index in [4.69, 9.17) is 18.5 Å². The minimum Gasteiger partial charge on any atom is -0.462 e. The standard InChI is InChI=1S/C48H90NO8P/c1-6-8-10-12-14-16-18-20-22-23-24-25-27-28-30-32-34-36-38-40-47(50)54-44-46(45-56-58(52,53)55-43-42-49(3,4)5)57-48(51)41-39-37-35-33-31-29-26-21-19-17-15-13-11-9-7-2/h7,14,16,20,22,46H,2,6,8-13,15,17-19,21,23-45H2,1,3-5H3/p+1/b16-14+,22-20+/t46-/m1/s1. The number of likely N-dealkylation sites (N-methyl/N-ethyl adjacent to an activating group) is 1. The predicted octanol–water partition coefficient (Wildman–Crippen LogP) is 13.7. The average molecular weight is 841 g/mol.